The van der Waals surface area contributed by atoms with E-state index in [1.54, 1.807) is 11.3 Å². The van der Waals surface area contributed by atoms with Crippen LogP contribution in [0.3, 0.4) is 0 Å². The number of rotatable bonds is 2. The molecule has 5 nitrogen and oxygen atoms in total. The summed E-state index contributed by atoms with van der Waals surface area (Å²) in [5, 5.41) is 9.50. The lowest BCUT2D eigenvalue weighted by molar-refractivity contribution is 0.250. The van der Waals surface area contributed by atoms with Crippen LogP contribution in [-0.4, -0.2) is 23.6 Å². The molecule has 1 aliphatic rings. The fraction of sp³-hybridized carbons (Fsp3) is 0.600. The van der Waals surface area contributed by atoms with Crippen LogP contribution in [-0.2, 0) is 13.0 Å². The molecule has 0 radical (unpaired) electrons. The van der Waals surface area contributed by atoms with Gasteiger partial charge in [-0.1, -0.05) is 0 Å². The van der Waals surface area contributed by atoms with Crippen molar-refractivity contribution in [3.8, 4) is 0 Å². The van der Waals surface area contributed by atoms with Gasteiger partial charge in [0.1, 0.15) is 0 Å². The van der Waals surface area contributed by atoms with E-state index in [1.165, 1.54) is 4.88 Å². The Bertz CT molecular complexity index is 365. The summed E-state index contributed by atoms with van der Waals surface area (Å²) in [4.78, 5) is 17.1. The Morgan fingerprint density at radius 2 is 2.38 bits per heavy atom. The zero-order chi connectivity index (χ0) is 11.5. The van der Waals surface area contributed by atoms with Gasteiger partial charge in [-0.3, -0.25) is 5.32 Å². The quantitative estimate of drug-likeness (QED) is 0.730. The second-order valence-corrected chi connectivity index (χ2v) is 5.15. The number of hydrogen-bond donors (Lipinski definition) is 3. The molecule has 0 bridgehead atoms. The Hall–Kier alpha value is -1.14. The molecule has 0 saturated carbocycles. The highest BCUT2D eigenvalue weighted by Gasteiger charge is 2.15. The van der Waals surface area contributed by atoms with Gasteiger partial charge in [0.25, 0.3) is 0 Å². The highest BCUT2D eigenvalue weighted by Crippen LogP contribution is 2.25. The predicted octanol–water partition coefficient (Wildman–Crippen LogP) is 1.32. The SMILES string of the molecule is CC(C)NC(=O)Nc1nc2c(s1)CNCC2. The number of amides is 2. The molecule has 1 aromatic rings. The number of carbonyl (C=O) groups is 1. The van der Waals surface area contributed by atoms with Gasteiger partial charge in [0, 0.05) is 30.4 Å². The summed E-state index contributed by atoms with van der Waals surface area (Å²) in [6, 6.07) is -0.0506. The molecule has 1 aromatic heterocycles. The standard InChI is InChI=1S/C10H16N4OS/c1-6(2)12-9(15)14-10-13-7-3-4-11-5-8(7)16-10/h6,11H,3-5H2,1-2H3,(H2,12,13,14,15). The van der Waals surface area contributed by atoms with E-state index in [4.69, 9.17) is 0 Å². The molecule has 0 spiro atoms. The van der Waals surface area contributed by atoms with Crippen molar-refractivity contribution in [1.82, 2.24) is 15.6 Å². The molecule has 3 N–H and O–H groups in total. The van der Waals surface area contributed by atoms with Gasteiger partial charge >= 0.3 is 6.03 Å². The van der Waals surface area contributed by atoms with Crippen molar-refractivity contribution >= 4 is 22.5 Å². The van der Waals surface area contributed by atoms with E-state index in [9.17, 15) is 4.79 Å². The topological polar surface area (TPSA) is 66.0 Å². The molecule has 2 rings (SSSR count). The first-order valence-corrected chi connectivity index (χ1v) is 6.23. The third kappa shape index (κ3) is 2.70. The van der Waals surface area contributed by atoms with Crippen LogP contribution >= 0.6 is 11.3 Å². The molecule has 0 saturated heterocycles. The molecular weight excluding hydrogens is 224 g/mol. The average Bonchev–Trinajstić information content (AvgIpc) is 2.57. The third-order valence-electron chi connectivity index (χ3n) is 2.24. The Morgan fingerprint density at radius 3 is 3.06 bits per heavy atom. The van der Waals surface area contributed by atoms with Crippen molar-refractivity contribution in [2.75, 3.05) is 11.9 Å². The number of nitrogens with one attached hydrogen (secondary N) is 3. The van der Waals surface area contributed by atoms with Gasteiger partial charge in [-0.15, -0.1) is 11.3 Å². The molecule has 0 unspecified atom stereocenters. The van der Waals surface area contributed by atoms with Gasteiger partial charge < -0.3 is 10.6 Å². The molecule has 0 fully saturated rings. The minimum absolute atomic E-state index is 0.135. The Labute approximate surface area is 98.7 Å². The van der Waals surface area contributed by atoms with Gasteiger partial charge in [-0.2, -0.15) is 0 Å². The Morgan fingerprint density at radius 1 is 1.56 bits per heavy atom. The van der Waals surface area contributed by atoms with Crippen LogP contribution in [0.5, 0.6) is 0 Å². The lowest BCUT2D eigenvalue weighted by Gasteiger charge is -2.09. The van der Waals surface area contributed by atoms with Gasteiger partial charge in [0.2, 0.25) is 0 Å². The van der Waals surface area contributed by atoms with Gasteiger partial charge in [-0.25, -0.2) is 9.78 Å². The molecule has 1 aliphatic heterocycles. The van der Waals surface area contributed by atoms with Gasteiger partial charge in [-0.05, 0) is 13.8 Å². The summed E-state index contributed by atoms with van der Waals surface area (Å²) in [6.45, 7) is 5.68. The van der Waals surface area contributed by atoms with Crippen molar-refractivity contribution in [2.24, 2.45) is 0 Å². The van der Waals surface area contributed by atoms with E-state index in [0.717, 1.165) is 25.2 Å². The second kappa shape index (κ2) is 4.80. The summed E-state index contributed by atoms with van der Waals surface area (Å²) in [5.41, 5.74) is 1.11. The summed E-state index contributed by atoms with van der Waals surface area (Å²) in [5.74, 6) is 0. The molecule has 2 heterocycles. The third-order valence-corrected chi connectivity index (χ3v) is 3.26. The van der Waals surface area contributed by atoms with Crippen LogP contribution in [0.1, 0.15) is 24.4 Å². The number of hydrogen-bond acceptors (Lipinski definition) is 4. The van der Waals surface area contributed by atoms with Gasteiger partial charge in [0.15, 0.2) is 5.13 Å². The number of nitrogens with zero attached hydrogens (tertiary/aromatic N) is 1. The summed E-state index contributed by atoms with van der Waals surface area (Å²) >= 11 is 1.55. The fourth-order valence-electron chi connectivity index (χ4n) is 1.57. The van der Waals surface area contributed by atoms with E-state index < -0.39 is 0 Å². The number of anilines is 1. The highest BCUT2D eigenvalue weighted by molar-refractivity contribution is 7.15. The number of carbonyl (C=O) groups excluding carboxylic acids is 1. The lowest BCUT2D eigenvalue weighted by atomic mass is 10.2. The minimum Gasteiger partial charge on any atom is -0.336 e. The smallest absolute Gasteiger partial charge is 0.321 e. The van der Waals surface area contributed by atoms with Crippen molar-refractivity contribution in [3.05, 3.63) is 10.6 Å². The van der Waals surface area contributed by atoms with Crippen LogP contribution in [0, 0.1) is 0 Å². The van der Waals surface area contributed by atoms with Crippen LogP contribution in [0.25, 0.3) is 0 Å². The molecule has 0 atom stereocenters. The maximum atomic E-state index is 11.5. The highest BCUT2D eigenvalue weighted by atomic mass is 32.1. The van der Waals surface area contributed by atoms with Crippen LogP contribution < -0.4 is 16.0 Å². The number of urea groups is 1. The molecule has 6 heteroatoms. The first kappa shape index (κ1) is 11.3. The molecule has 2 amide bonds. The molecule has 16 heavy (non-hydrogen) atoms. The summed E-state index contributed by atoms with van der Waals surface area (Å²) in [6.07, 6.45) is 0.944. The maximum absolute atomic E-state index is 11.5. The maximum Gasteiger partial charge on any atom is 0.321 e. The normalized spacial score (nSPS) is 14.7. The zero-order valence-electron chi connectivity index (χ0n) is 9.46. The zero-order valence-corrected chi connectivity index (χ0v) is 10.3. The van der Waals surface area contributed by atoms with Gasteiger partial charge in [0.05, 0.1) is 5.69 Å². The van der Waals surface area contributed by atoms with Crippen molar-refractivity contribution < 1.29 is 4.79 Å². The number of aromatic nitrogens is 1. The average molecular weight is 240 g/mol. The van der Waals surface area contributed by atoms with Crippen molar-refractivity contribution in [3.63, 3.8) is 0 Å². The minimum atomic E-state index is -0.186. The lowest BCUT2D eigenvalue weighted by Crippen LogP contribution is -2.34. The molecule has 0 aliphatic carbocycles. The van der Waals surface area contributed by atoms with Crippen molar-refractivity contribution in [1.29, 1.82) is 0 Å². The van der Waals surface area contributed by atoms with E-state index in [2.05, 4.69) is 20.9 Å². The van der Waals surface area contributed by atoms with Crippen molar-refractivity contribution in [2.45, 2.75) is 32.9 Å². The largest absolute Gasteiger partial charge is 0.336 e. The van der Waals surface area contributed by atoms with E-state index >= 15 is 0 Å². The number of thiazole rings is 1. The van der Waals surface area contributed by atoms with E-state index in [1.807, 2.05) is 13.8 Å². The van der Waals surface area contributed by atoms with Crippen LogP contribution in [0.15, 0.2) is 0 Å². The Kier molecular flexibility index (Phi) is 3.40. The van der Waals surface area contributed by atoms with Crippen LogP contribution in [0.2, 0.25) is 0 Å². The monoisotopic (exact) mass is 240 g/mol. The fourth-order valence-corrected chi connectivity index (χ4v) is 2.55. The second-order valence-electron chi connectivity index (χ2n) is 4.07. The first-order valence-electron chi connectivity index (χ1n) is 5.42. The predicted molar refractivity (Wildman–Crippen MR) is 64.8 cm³/mol. The molecule has 0 aromatic carbocycles. The molecular formula is C10H16N4OS. The Balaban J connectivity index is 1.99. The van der Waals surface area contributed by atoms with E-state index in [-0.39, 0.29) is 12.1 Å². The van der Waals surface area contributed by atoms with E-state index in [0.29, 0.717) is 5.13 Å². The summed E-state index contributed by atoms with van der Waals surface area (Å²) in [7, 11) is 0. The van der Waals surface area contributed by atoms with Crippen LogP contribution in [0.4, 0.5) is 9.93 Å². The molecule has 88 valence electrons. The number of fused-ring (bicyclic) bond motifs is 1. The summed E-state index contributed by atoms with van der Waals surface area (Å²) < 4.78 is 0. The first-order chi connectivity index (χ1) is 7.65.